The van der Waals surface area contributed by atoms with Gasteiger partial charge in [0.25, 0.3) is 0 Å². The first-order chi connectivity index (χ1) is 11.0. The van der Waals surface area contributed by atoms with Gasteiger partial charge in [-0.2, -0.15) is 0 Å². The molecular formula is C19H26NO3+. The summed E-state index contributed by atoms with van der Waals surface area (Å²) in [6.07, 6.45) is 4.98. The molecule has 4 heteroatoms. The topological polar surface area (TPSA) is 46.5 Å². The maximum Gasteiger partial charge on any atom is 0.340 e. The monoisotopic (exact) mass is 316 g/mol. The van der Waals surface area contributed by atoms with Crippen LogP contribution in [-0.4, -0.2) is 48.8 Å². The van der Waals surface area contributed by atoms with Crippen LogP contribution in [0.1, 0.15) is 42.9 Å². The van der Waals surface area contributed by atoms with Crippen molar-refractivity contribution < 1.29 is 19.1 Å². The molecule has 1 aromatic carbocycles. The summed E-state index contributed by atoms with van der Waals surface area (Å²) in [5.74, 6) is -0.525. The number of aliphatic hydroxyl groups is 1. The largest absolute Gasteiger partial charge is 0.454 e. The molecule has 0 saturated carbocycles. The third-order valence-corrected chi connectivity index (χ3v) is 4.90. The standard InChI is InChI=1S/C19H26NO3/c1-20(2)12-11-15(13-20)23-19(22)18(21)17-10-6-5-9-16(17)14-7-3-4-8-14/h5-7,9-10,15,18,21H,3-4,8,11-13H2,1-2H3/q+1/t15-,18?/m1/s1. The lowest BCUT2D eigenvalue weighted by Crippen LogP contribution is -2.38. The number of benzene rings is 1. The van der Waals surface area contributed by atoms with Crippen molar-refractivity contribution in [2.75, 3.05) is 27.2 Å². The molecule has 1 heterocycles. The molecule has 4 nitrogen and oxygen atoms in total. The van der Waals surface area contributed by atoms with E-state index in [9.17, 15) is 9.90 Å². The van der Waals surface area contributed by atoms with Gasteiger partial charge in [0, 0.05) is 6.42 Å². The van der Waals surface area contributed by atoms with Crippen LogP contribution in [0.2, 0.25) is 0 Å². The van der Waals surface area contributed by atoms with Gasteiger partial charge in [-0.25, -0.2) is 4.79 Å². The summed E-state index contributed by atoms with van der Waals surface area (Å²) in [6.45, 7) is 1.81. The number of carbonyl (C=O) groups excluding carboxylic acids is 1. The van der Waals surface area contributed by atoms with Crippen molar-refractivity contribution in [1.82, 2.24) is 0 Å². The summed E-state index contributed by atoms with van der Waals surface area (Å²) < 4.78 is 6.42. The minimum Gasteiger partial charge on any atom is -0.454 e. The van der Waals surface area contributed by atoms with Crippen LogP contribution in [0, 0.1) is 0 Å². The van der Waals surface area contributed by atoms with Gasteiger partial charge < -0.3 is 14.3 Å². The number of carbonyl (C=O) groups is 1. The van der Waals surface area contributed by atoms with Crippen LogP contribution in [0.15, 0.2) is 30.3 Å². The van der Waals surface area contributed by atoms with Gasteiger partial charge in [0.05, 0.1) is 20.6 Å². The van der Waals surface area contributed by atoms with E-state index >= 15 is 0 Å². The molecule has 23 heavy (non-hydrogen) atoms. The summed E-state index contributed by atoms with van der Waals surface area (Å²) in [4.78, 5) is 12.4. The number of rotatable bonds is 4. The van der Waals surface area contributed by atoms with E-state index in [0.717, 1.165) is 48.8 Å². The van der Waals surface area contributed by atoms with Crippen LogP contribution in [0.3, 0.4) is 0 Å². The molecule has 1 saturated heterocycles. The normalized spacial score (nSPS) is 24.3. The van der Waals surface area contributed by atoms with Crippen molar-refractivity contribution in [2.24, 2.45) is 0 Å². The van der Waals surface area contributed by atoms with E-state index in [2.05, 4.69) is 20.2 Å². The van der Waals surface area contributed by atoms with Crippen LogP contribution in [-0.2, 0) is 9.53 Å². The molecule has 3 rings (SSSR count). The Morgan fingerprint density at radius 2 is 2.13 bits per heavy atom. The number of nitrogens with zero attached hydrogens (tertiary/aromatic N) is 1. The molecule has 1 N–H and O–H groups in total. The number of hydrogen-bond acceptors (Lipinski definition) is 3. The Hall–Kier alpha value is -1.65. The van der Waals surface area contributed by atoms with E-state index in [-0.39, 0.29) is 6.10 Å². The van der Waals surface area contributed by atoms with Crippen molar-refractivity contribution >= 4 is 11.5 Å². The minimum atomic E-state index is -1.20. The van der Waals surface area contributed by atoms with Crippen molar-refractivity contribution in [3.63, 3.8) is 0 Å². The van der Waals surface area contributed by atoms with Crippen molar-refractivity contribution in [2.45, 2.75) is 37.9 Å². The molecule has 0 radical (unpaired) electrons. The Balaban J connectivity index is 1.73. The molecule has 1 aromatic rings. The van der Waals surface area contributed by atoms with E-state index < -0.39 is 12.1 Å². The summed E-state index contributed by atoms with van der Waals surface area (Å²) >= 11 is 0. The summed E-state index contributed by atoms with van der Waals surface area (Å²) in [7, 11) is 4.26. The zero-order valence-electron chi connectivity index (χ0n) is 14.0. The number of ether oxygens (including phenoxy) is 1. The van der Waals surface area contributed by atoms with Crippen LogP contribution >= 0.6 is 0 Å². The highest BCUT2D eigenvalue weighted by atomic mass is 16.6. The third kappa shape index (κ3) is 3.65. The fraction of sp³-hybridized carbons (Fsp3) is 0.526. The van der Waals surface area contributed by atoms with Gasteiger partial charge in [0.1, 0.15) is 6.54 Å². The van der Waals surface area contributed by atoms with Crippen LogP contribution in [0.5, 0.6) is 0 Å². The average Bonchev–Trinajstić information content (AvgIpc) is 3.16. The highest BCUT2D eigenvalue weighted by molar-refractivity contribution is 5.80. The first-order valence-corrected chi connectivity index (χ1v) is 8.45. The highest BCUT2D eigenvalue weighted by Gasteiger charge is 2.35. The van der Waals surface area contributed by atoms with Gasteiger partial charge in [-0.05, 0) is 36.0 Å². The van der Waals surface area contributed by atoms with E-state index in [0.29, 0.717) is 5.56 Å². The van der Waals surface area contributed by atoms with Gasteiger partial charge >= 0.3 is 5.97 Å². The Kier molecular flexibility index (Phi) is 4.55. The van der Waals surface area contributed by atoms with E-state index in [1.807, 2.05) is 24.3 Å². The molecule has 0 aromatic heterocycles. The predicted octanol–water partition coefficient (Wildman–Crippen LogP) is 2.68. The minimum absolute atomic E-state index is 0.0926. The molecular weight excluding hydrogens is 290 g/mol. The quantitative estimate of drug-likeness (QED) is 0.686. The Bertz CT molecular complexity index is 621. The van der Waals surface area contributed by atoms with Crippen LogP contribution in [0.4, 0.5) is 0 Å². The van der Waals surface area contributed by atoms with Crippen LogP contribution in [0.25, 0.3) is 5.57 Å². The summed E-state index contributed by atoms with van der Waals surface area (Å²) in [6, 6.07) is 7.63. The molecule has 2 aliphatic rings. The number of likely N-dealkylation sites (N-methyl/N-ethyl adjacent to an activating group) is 1. The third-order valence-electron chi connectivity index (χ3n) is 4.90. The smallest absolute Gasteiger partial charge is 0.340 e. The Labute approximate surface area is 138 Å². The van der Waals surface area contributed by atoms with Crippen molar-refractivity contribution in [1.29, 1.82) is 0 Å². The van der Waals surface area contributed by atoms with Gasteiger partial charge in [-0.15, -0.1) is 0 Å². The van der Waals surface area contributed by atoms with Crippen LogP contribution < -0.4 is 0 Å². The summed E-state index contributed by atoms with van der Waals surface area (Å²) in [5.41, 5.74) is 2.88. The SMILES string of the molecule is C[N+]1(C)CC[C@@H](OC(=O)C(O)c2ccccc2C2=CCCC2)C1. The second kappa shape index (κ2) is 6.46. The lowest BCUT2D eigenvalue weighted by Gasteiger charge is -2.23. The molecule has 0 amide bonds. The number of aliphatic hydroxyl groups excluding tert-OH is 1. The molecule has 124 valence electrons. The molecule has 0 spiro atoms. The zero-order valence-corrected chi connectivity index (χ0v) is 14.0. The number of quaternary nitrogens is 1. The fourth-order valence-electron chi connectivity index (χ4n) is 3.62. The molecule has 1 unspecified atom stereocenters. The van der Waals surface area contributed by atoms with E-state index in [1.54, 1.807) is 0 Å². The number of likely N-dealkylation sites (tertiary alicyclic amines) is 1. The van der Waals surface area contributed by atoms with E-state index in [1.165, 1.54) is 5.57 Å². The lowest BCUT2D eigenvalue weighted by atomic mass is 9.95. The fourth-order valence-corrected chi connectivity index (χ4v) is 3.62. The lowest BCUT2D eigenvalue weighted by molar-refractivity contribution is -0.879. The van der Waals surface area contributed by atoms with E-state index in [4.69, 9.17) is 4.74 Å². The maximum atomic E-state index is 12.4. The Morgan fingerprint density at radius 1 is 1.35 bits per heavy atom. The van der Waals surface area contributed by atoms with Gasteiger partial charge in [-0.1, -0.05) is 30.3 Å². The van der Waals surface area contributed by atoms with Gasteiger partial charge in [0.15, 0.2) is 12.2 Å². The second-order valence-electron chi connectivity index (χ2n) is 7.30. The first kappa shape index (κ1) is 16.2. The Morgan fingerprint density at radius 3 is 2.78 bits per heavy atom. The summed E-state index contributed by atoms with van der Waals surface area (Å²) in [5, 5.41) is 10.5. The molecule has 1 fully saturated rings. The van der Waals surface area contributed by atoms with Crippen molar-refractivity contribution in [3.8, 4) is 0 Å². The molecule has 0 bridgehead atoms. The average molecular weight is 316 g/mol. The maximum absolute atomic E-state index is 12.4. The molecule has 1 aliphatic carbocycles. The number of allylic oxidation sites excluding steroid dienone is 2. The first-order valence-electron chi connectivity index (χ1n) is 8.45. The second-order valence-corrected chi connectivity index (χ2v) is 7.30. The van der Waals surface area contributed by atoms with Crippen molar-refractivity contribution in [3.05, 3.63) is 41.5 Å². The molecule has 2 atom stereocenters. The predicted molar refractivity (Wildman–Crippen MR) is 89.6 cm³/mol. The number of hydrogen-bond donors (Lipinski definition) is 1. The zero-order chi connectivity index (χ0) is 16.4. The number of esters is 1. The van der Waals surface area contributed by atoms with Gasteiger partial charge in [0.2, 0.25) is 0 Å². The molecule has 1 aliphatic heterocycles. The van der Waals surface area contributed by atoms with Gasteiger partial charge in [-0.3, -0.25) is 0 Å². The highest BCUT2D eigenvalue weighted by Crippen LogP contribution is 2.33.